The highest BCUT2D eigenvalue weighted by Gasteiger charge is 1.94. The van der Waals surface area contributed by atoms with Gasteiger partial charge in [0.2, 0.25) is 0 Å². The molecule has 6 heteroatoms. The minimum Gasteiger partial charge on any atom is -0.409 e. The van der Waals surface area contributed by atoms with Crippen LogP contribution in [0.25, 0.3) is 0 Å². The standard InChI is InChI=1S/C8H15N5O/c1-7-4-11-13(6-7)3-2-10-5-8(9)12-14/h4,6,10,14H,2-3,5H2,1H3,(H2,9,12). The Kier molecular flexibility index (Phi) is 3.93. The molecular formula is C8H15N5O. The normalized spacial score (nSPS) is 11.9. The van der Waals surface area contributed by atoms with Crippen LogP contribution in [0.5, 0.6) is 0 Å². The lowest BCUT2D eigenvalue weighted by Crippen LogP contribution is -2.31. The van der Waals surface area contributed by atoms with Crippen molar-refractivity contribution in [3.8, 4) is 0 Å². The van der Waals surface area contributed by atoms with Crippen LogP contribution >= 0.6 is 0 Å². The van der Waals surface area contributed by atoms with E-state index < -0.39 is 0 Å². The van der Waals surface area contributed by atoms with Gasteiger partial charge in [0.25, 0.3) is 0 Å². The van der Waals surface area contributed by atoms with Crippen LogP contribution in [0.1, 0.15) is 5.56 Å². The Morgan fingerprint density at radius 2 is 2.57 bits per heavy atom. The molecule has 4 N–H and O–H groups in total. The molecule has 78 valence electrons. The first-order valence-electron chi connectivity index (χ1n) is 4.38. The number of nitrogens with two attached hydrogens (primary N) is 1. The topological polar surface area (TPSA) is 88.5 Å². The lowest BCUT2D eigenvalue weighted by atomic mass is 10.4. The van der Waals surface area contributed by atoms with E-state index in [9.17, 15) is 0 Å². The second kappa shape index (κ2) is 5.23. The SMILES string of the molecule is Cc1cnn(CCNCC(N)=NO)c1. The van der Waals surface area contributed by atoms with Gasteiger partial charge in [0.15, 0.2) is 5.84 Å². The van der Waals surface area contributed by atoms with E-state index in [1.54, 1.807) is 0 Å². The Labute approximate surface area is 82.4 Å². The van der Waals surface area contributed by atoms with Gasteiger partial charge in [0.1, 0.15) is 0 Å². The largest absolute Gasteiger partial charge is 0.409 e. The van der Waals surface area contributed by atoms with E-state index in [2.05, 4.69) is 15.6 Å². The third-order valence-electron chi connectivity index (χ3n) is 1.71. The third kappa shape index (κ3) is 3.44. The Morgan fingerprint density at radius 1 is 1.79 bits per heavy atom. The molecule has 0 bridgehead atoms. The van der Waals surface area contributed by atoms with Gasteiger partial charge in [-0.2, -0.15) is 5.10 Å². The molecule has 0 aromatic carbocycles. The molecule has 1 aromatic rings. The zero-order valence-corrected chi connectivity index (χ0v) is 8.14. The Bertz CT molecular complexity index is 306. The summed E-state index contributed by atoms with van der Waals surface area (Å²) in [5.41, 5.74) is 6.41. The number of aryl methyl sites for hydroxylation is 1. The van der Waals surface area contributed by atoms with Gasteiger partial charge >= 0.3 is 0 Å². The molecule has 1 heterocycles. The first-order valence-corrected chi connectivity index (χ1v) is 4.38. The van der Waals surface area contributed by atoms with Gasteiger partial charge in [0, 0.05) is 12.7 Å². The molecule has 14 heavy (non-hydrogen) atoms. The fourth-order valence-corrected chi connectivity index (χ4v) is 1.03. The van der Waals surface area contributed by atoms with Gasteiger partial charge in [-0.3, -0.25) is 4.68 Å². The summed E-state index contributed by atoms with van der Waals surface area (Å²) in [4.78, 5) is 0. The number of aromatic nitrogens is 2. The summed E-state index contributed by atoms with van der Waals surface area (Å²) in [7, 11) is 0. The smallest absolute Gasteiger partial charge is 0.153 e. The fourth-order valence-electron chi connectivity index (χ4n) is 1.03. The van der Waals surface area contributed by atoms with Gasteiger partial charge in [-0.25, -0.2) is 0 Å². The summed E-state index contributed by atoms with van der Waals surface area (Å²) in [6.45, 7) is 3.88. The minimum absolute atomic E-state index is 0.182. The molecule has 0 saturated heterocycles. The van der Waals surface area contributed by atoms with Crippen LogP contribution in [0.3, 0.4) is 0 Å². The molecule has 0 amide bonds. The summed E-state index contributed by atoms with van der Waals surface area (Å²) in [5.74, 6) is 0.182. The highest BCUT2D eigenvalue weighted by atomic mass is 16.4. The van der Waals surface area contributed by atoms with Gasteiger partial charge in [0.05, 0.1) is 19.3 Å². The quantitative estimate of drug-likeness (QED) is 0.196. The highest BCUT2D eigenvalue weighted by Crippen LogP contribution is 1.92. The highest BCUT2D eigenvalue weighted by molar-refractivity contribution is 5.81. The van der Waals surface area contributed by atoms with Gasteiger partial charge in [-0.1, -0.05) is 5.16 Å². The van der Waals surface area contributed by atoms with Crippen molar-refractivity contribution in [2.75, 3.05) is 13.1 Å². The van der Waals surface area contributed by atoms with Crippen molar-refractivity contribution in [2.45, 2.75) is 13.5 Å². The molecule has 0 radical (unpaired) electrons. The van der Waals surface area contributed by atoms with Crippen molar-refractivity contribution < 1.29 is 5.21 Å². The van der Waals surface area contributed by atoms with E-state index in [4.69, 9.17) is 10.9 Å². The molecule has 0 saturated carbocycles. The van der Waals surface area contributed by atoms with E-state index in [0.717, 1.165) is 18.7 Å². The number of amidine groups is 1. The van der Waals surface area contributed by atoms with Crippen LogP contribution < -0.4 is 11.1 Å². The van der Waals surface area contributed by atoms with Crippen LogP contribution in [-0.2, 0) is 6.54 Å². The summed E-state index contributed by atoms with van der Waals surface area (Å²) in [6.07, 6.45) is 3.77. The summed E-state index contributed by atoms with van der Waals surface area (Å²) >= 11 is 0. The molecule has 0 unspecified atom stereocenters. The number of rotatable bonds is 5. The molecule has 0 atom stereocenters. The zero-order valence-electron chi connectivity index (χ0n) is 8.14. The molecule has 0 spiro atoms. The lowest BCUT2D eigenvalue weighted by Gasteiger charge is -2.03. The fraction of sp³-hybridized carbons (Fsp3) is 0.500. The second-order valence-corrected chi connectivity index (χ2v) is 3.05. The Hall–Kier alpha value is -1.56. The van der Waals surface area contributed by atoms with Crippen molar-refractivity contribution in [3.05, 3.63) is 18.0 Å². The lowest BCUT2D eigenvalue weighted by molar-refractivity contribution is 0.317. The second-order valence-electron chi connectivity index (χ2n) is 3.05. The van der Waals surface area contributed by atoms with E-state index in [-0.39, 0.29) is 5.84 Å². The van der Waals surface area contributed by atoms with Gasteiger partial charge < -0.3 is 16.3 Å². The van der Waals surface area contributed by atoms with Crippen molar-refractivity contribution in [1.29, 1.82) is 0 Å². The number of nitrogens with one attached hydrogen (secondary N) is 1. The van der Waals surface area contributed by atoms with Crippen LogP contribution in [0, 0.1) is 6.92 Å². The molecule has 0 fully saturated rings. The number of hydrogen-bond acceptors (Lipinski definition) is 4. The van der Waals surface area contributed by atoms with Crippen LogP contribution in [0.15, 0.2) is 17.5 Å². The maximum Gasteiger partial charge on any atom is 0.153 e. The average molecular weight is 197 g/mol. The maximum atomic E-state index is 8.26. The number of oxime groups is 1. The van der Waals surface area contributed by atoms with Gasteiger partial charge in [-0.15, -0.1) is 0 Å². The first kappa shape index (κ1) is 10.5. The van der Waals surface area contributed by atoms with E-state index in [1.165, 1.54) is 0 Å². The van der Waals surface area contributed by atoms with Crippen molar-refractivity contribution in [3.63, 3.8) is 0 Å². The molecule has 0 aliphatic heterocycles. The predicted octanol–water partition coefficient (Wildman–Crippen LogP) is -0.472. The van der Waals surface area contributed by atoms with E-state index in [0.29, 0.717) is 6.54 Å². The van der Waals surface area contributed by atoms with E-state index >= 15 is 0 Å². The van der Waals surface area contributed by atoms with Gasteiger partial charge in [-0.05, 0) is 12.5 Å². The maximum absolute atomic E-state index is 8.26. The predicted molar refractivity (Wildman–Crippen MR) is 53.2 cm³/mol. The molecular weight excluding hydrogens is 182 g/mol. The Morgan fingerprint density at radius 3 is 3.14 bits per heavy atom. The van der Waals surface area contributed by atoms with Crippen LogP contribution in [0.4, 0.5) is 0 Å². The molecule has 6 nitrogen and oxygen atoms in total. The zero-order chi connectivity index (χ0) is 10.4. The molecule has 0 aliphatic rings. The van der Waals surface area contributed by atoms with Crippen molar-refractivity contribution >= 4 is 5.84 Å². The molecule has 0 aliphatic carbocycles. The Balaban J connectivity index is 2.16. The van der Waals surface area contributed by atoms with Crippen molar-refractivity contribution in [2.24, 2.45) is 10.9 Å². The summed E-state index contributed by atoms with van der Waals surface area (Å²) in [5, 5.41) is 18.2. The average Bonchev–Trinajstić information content (AvgIpc) is 2.58. The van der Waals surface area contributed by atoms with Crippen LogP contribution in [-0.4, -0.2) is 33.9 Å². The number of nitrogens with zero attached hydrogens (tertiary/aromatic N) is 3. The van der Waals surface area contributed by atoms with Crippen molar-refractivity contribution in [1.82, 2.24) is 15.1 Å². The van der Waals surface area contributed by atoms with Crippen LogP contribution in [0.2, 0.25) is 0 Å². The molecule has 1 rings (SSSR count). The first-order chi connectivity index (χ1) is 6.72. The monoisotopic (exact) mass is 197 g/mol. The summed E-state index contributed by atoms with van der Waals surface area (Å²) < 4.78 is 1.84. The minimum atomic E-state index is 0.182. The summed E-state index contributed by atoms with van der Waals surface area (Å²) in [6, 6.07) is 0. The number of hydrogen-bond donors (Lipinski definition) is 3. The third-order valence-corrected chi connectivity index (χ3v) is 1.71. The van der Waals surface area contributed by atoms with E-state index in [1.807, 2.05) is 24.0 Å². The molecule has 1 aromatic heterocycles.